The fourth-order valence-electron chi connectivity index (χ4n) is 0.830. The van der Waals surface area contributed by atoms with Crippen LogP contribution in [0.25, 0.3) is 11.0 Å². The molecule has 0 fully saturated rings. The monoisotopic (exact) mass is 169 g/mol. The number of nitrogens with zero attached hydrogens (tertiary/aromatic N) is 2. The van der Waals surface area contributed by atoms with E-state index >= 15 is 0 Å². The zero-order valence-electron chi connectivity index (χ0n) is 5.41. The van der Waals surface area contributed by atoms with Gasteiger partial charge in [-0.25, -0.2) is 9.37 Å². The number of fused-ring (bicyclic) bond motifs is 1. The Hall–Kier alpha value is -1.23. The van der Waals surface area contributed by atoms with Crippen LogP contribution in [-0.2, 0) is 0 Å². The molecule has 11 heavy (non-hydrogen) atoms. The van der Waals surface area contributed by atoms with Crippen LogP contribution in [0.3, 0.4) is 0 Å². The van der Waals surface area contributed by atoms with E-state index in [2.05, 4.69) is 9.36 Å². The molecular weight excluding hydrogens is 165 g/mol. The summed E-state index contributed by atoms with van der Waals surface area (Å²) in [6, 6.07) is 1.31. The Labute approximate surface area is 65.8 Å². The maximum atomic E-state index is 12.5. The molecule has 2 aromatic heterocycles. The number of pyridine rings is 1. The minimum atomic E-state index is -0.386. The summed E-state index contributed by atoms with van der Waals surface area (Å²) in [5.74, 6) is -0.386. The first-order chi connectivity index (χ1) is 5.27. The average Bonchev–Trinajstić information content (AvgIpc) is 2.32. The van der Waals surface area contributed by atoms with Crippen molar-refractivity contribution in [3.8, 4) is 0 Å². The fraction of sp³-hybridized carbons (Fsp3) is 0. The number of halogens is 1. The van der Waals surface area contributed by atoms with Gasteiger partial charge in [-0.15, -0.1) is 0 Å². The molecule has 0 aromatic carbocycles. The van der Waals surface area contributed by atoms with E-state index in [1.165, 1.54) is 6.07 Å². The van der Waals surface area contributed by atoms with Crippen LogP contribution in [-0.4, -0.2) is 9.36 Å². The molecule has 56 valence electrons. The van der Waals surface area contributed by atoms with Crippen LogP contribution < -0.4 is 5.73 Å². The van der Waals surface area contributed by atoms with Crippen LogP contribution in [0.4, 0.5) is 9.39 Å². The highest BCUT2D eigenvalue weighted by Crippen LogP contribution is 2.21. The minimum Gasteiger partial charge on any atom is -0.388 e. The van der Waals surface area contributed by atoms with Crippen LogP contribution >= 0.6 is 11.5 Å². The van der Waals surface area contributed by atoms with Crippen molar-refractivity contribution in [2.75, 3.05) is 5.73 Å². The number of nitrogens with two attached hydrogens (primary N) is 1. The largest absolute Gasteiger partial charge is 0.388 e. The summed E-state index contributed by atoms with van der Waals surface area (Å²) in [6.45, 7) is 0. The molecule has 0 radical (unpaired) electrons. The van der Waals surface area contributed by atoms with E-state index in [1.807, 2.05) is 0 Å². The molecule has 0 spiro atoms. The van der Waals surface area contributed by atoms with Gasteiger partial charge < -0.3 is 5.73 Å². The van der Waals surface area contributed by atoms with E-state index in [0.717, 1.165) is 17.7 Å². The summed E-state index contributed by atoms with van der Waals surface area (Å²) in [4.78, 5) is 3.79. The molecule has 0 atom stereocenters. The van der Waals surface area contributed by atoms with Gasteiger partial charge in [-0.05, 0) is 11.5 Å². The Morgan fingerprint density at radius 1 is 1.55 bits per heavy atom. The van der Waals surface area contributed by atoms with Crippen molar-refractivity contribution >= 4 is 27.6 Å². The third-order valence-corrected chi connectivity index (χ3v) is 1.99. The maximum absolute atomic E-state index is 12.5. The molecule has 0 saturated heterocycles. The maximum Gasteiger partial charge on any atom is 0.143 e. The Bertz CT molecular complexity index is 398. The molecule has 0 amide bonds. The van der Waals surface area contributed by atoms with Crippen molar-refractivity contribution in [1.82, 2.24) is 9.36 Å². The Kier molecular flexibility index (Phi) is 1.25. The number of anilines is 1. The van der Waals surface area contributed by atoms with Crippen molar-refractivity contribution in [3.05, 3.63) is 18.1 Å². The zero-order chi connectivity index (χ0) is 7.84. The standard InChI is InChI=1S/C6H4FN3S/c7-3-1-4-5(9-2-3)6(8)11-10-4/h1-2H,8H2. The fourth-order valence-corrected chi connectivity index (χ4v) is 1.41. The van der Waals surface area contributed by atoms with E-state index in [4.69, 9.17) is 5.73 Å². The first-order valence-electron chi connectivity index (χ1n) is 2.94. The minimum absolute atomic E-state index is 0.386. The Balaban J connectivity index is 2.86. The van der Waals surface area contributed by atoms with Crippen LogP contribution in [0, 0.1) is 5.82 Å². The number of nitrogen functional groups attached to an aromatic ring is 1. The normalized spacial score (nSPS) is 10.6. The topological polar surface area (TPSA) is 51.8 Å². The SMILES string of the molecule is Nc1snc2cc(F)cnc12. The molecule has 3 nitrogen and oxygen atoms in total. The van der Waals surface area contributed by atoms with Gasteiger partial charge in [-0.1, -0.05) is 0 Å². The third kappa shape index (κ3) is 0.932. The zero-order valence-corrected chi connectivity index (χ0v) is 6.23. The molecule has 5 heteroatoms. The van der Waals surface area contributed by atoms with Gasteiger partial charge in [0.25, 0.3) is 0 Å². The van der Waals surface area contributed by atoms with Crippen LogP contribution in [0.5, 0.6) is 0 Å². The summed E-state index contributed by atoms with van der Waals surface area (Å²) in [5, 5.41) is 0.528. The summed E-state index contributed by atoms with van der Waals surface area (Å²) in [7, 11) is 0. The first kappa shape index (κ1) is 6.48. The van der Waals surface area contributed by atoms with E-state index in [0.29, 0.717) is 16.0 Å². The Morgan fingerprint density at radius 3 is 3.18 bits per heavy atom. The van der Waals surface area contributed by atoms with Gasteiger partial charge in [0.15, 0.2) is 0 Å². The highest BCUT2D eigenvalue weighted by atomic mass is 32.1. The summed E-state index contributed by atoms with van der Waals surface area (Å²) in [6.07, 6.45) is 1.13. The molecule has 0 saturated carbocycles. The molecular formula is C6H4FN3S. The van der Waals surface area contributed by atoms with Gasteiger partial charge in [0, 0.05) is 6.07 Å². The van der Waals surface area contributed by atoms with E-state index < -0.39 is 0 Å². The quantitative estimate of drug-likeness (QED) is 0.648. The number of rotatable bonds is 0. The van der Waals surface area contributed by atoms with Crippen molar-refractivity contribution in [1.29, 1.82) is 0 Å². The summed E-state index contributed by atoms with van der Waals surface area (Å²) < 4.78 is 16.4. The lowest BCUT2D eigenvalue weighted by Gasteiger charge is -1.87. The lowest BCUT2D eigenvalue weighted by atomic mass is 10.4. The van der Waals surface area contributed by atoms with Gasteiger partial charge in [-0.3, -0.25) is 0 Å². The van der Waals surface area contributed by atoms with Gasteiger partial charge >= 0.3 is 0 Å². The van der Waals surface area contributed by atoms with E-state index in [1.54, 1.807) is 0 Å². The molecule has 2 rings (SSSR count). The summed E-state index contributed by atoms with van der Waals surface area (Å²) >= 11 is 1.12. The van der Waals surface area contributed by atoms with Gasteiger partial charge in [0.05, 0.1) is 6.20 Å². The van der Waals surface area contributed by atoms with Crippen molar-refractivity contribution in [2.45, 2.75) is 0 Å². The molecule has 0 bridgehead atoms. The lowest BCUT2D eigenvalue weighted by Crippen LogP contribution is -1.83. The molecule has 0 unspecified atom stereocenters. The second-order valence-electron chi connectivity index (χ2n) is 2.07. The van der Waals surface area contributed by atoms with Gasteiger partial charge in [-0.2, -0.15) is 4.37 Å². The third-order valence-electron chi connectivity index (χ3n) is 1.31. The first-order valence-corrected chi connectivity index (χ1v) is 3.71. The number of aromatic nitrogens is 2. The van der Waals surface area contributed by atoms with Crippen LogP contribution in [0.15, 0.2) is 12.3 Å². The molecule has 2 aromatic rings. The van der Waals surface area contributed by atoms with Gasteiger partial charge in [0.1, 0.15) is 21.9 Å². The lowest BCUT2D eigenvalue weighted by molar-refractivity contribution is 0.624. The molecule has 2 heterocycles. The predicted octanol–water partition coefficient (Wildman–Crippen LogP) is 1.41. The van der Waals surface area contributed by atoms with E-state index in [9.17, 15) is 4.39 Å². The second kappa shape index (κ2) is 2.13. The highest BCUT2D eigenvalue weighted by molar-refractivity contribution is 7.11. The smallest absolute Gasteiger partial charge is 0.143 e. The molecule has 0 aliphatic carbocycles. The van der Waals surface area contributed by atoms with Crippen molar-refractivity contribution in [3.63, 3.8) is 0 Å². The molecule has 0 aliphatic rings. The van der Waals surface area contributed by atoms with E-state index in [-0.39, 0.29) is 5.82 Å². The number of hydrogen-bond donors (Lipinski definition) is 1. The highest BCUT2D eigenvalue weighted by Gasteiger charge is 2.03. The second-order valence-corrected chi connectivity index (χ2v) is 2.87. The Morgan fingerprint density at radius 2 is 2.36 bits per heavy atom. The van der Waals surface area contributed by atoms with Crippen LogP contribution in [0.1, 0.15) is 0 Å². The van der Waals surface area contributed by atoms with Crippen molar-refractivity contribution < 1.29 is 4.39 Å². The predicted molar refractivity (Wildman–Crippen MR) is 41.8 cm³/mol. The molecule has 2 N–H and O–H groups in total. The molecule has 0 aliphatic heterocycles. The van der Waals surface area contributed by atoms with Gasteiger partial charge in [0.2, 0.25) is 0 Å². The summed E-state index contributed by atoms with van der Waals surface area (Å²) in [5.41, 5.74) is 6.60. The number of hydrogen-bond acceptors (Lipinski definition) is 4. The van der Waals surface area contributed by atoms with Crippen LogP contribution in [0.2, 0.25) is 0 Å². The average molecular weight is 169 g/mol. The van der Waals surface area contributed by atoms with Crippen molar-refractivity contribution in [2.24, 2.45) is 0 Å².